The first-order valence-corrected chi connectivity index (χ1v) is 12.8. The first-order chi connectivity index (χ1) is 18.9. The summed E-state index contributed by atoms with van der Waals surface area (Å²) >= 11 is 0. The summed E-state index contributed by atoms with van der Waals surface area (Å²) < 4.78 is 15.9. The van der Waals surface area contributed by atoms with Crippen LogP contribution in [0.3, 0.4) is 0 Å². The molecule has 196 valence electrons. The fourth-order valence-electron chi connectivity index (χ4n) is 6.22. The van der Waals surface area contributed by atoms with Gasteiger partial charge in [-0.05, 0) is 58.7 Å². The molecule has 1 saturated heterocycles. The normalized spacial score (nSPS) is 22.7. The smallest absolute Gasteiger partial charge is 0.308 e. The quantitative estimate of drug-likeness (QED) is 0.195. The molecule has 2 fully saturated rings. The Balaban J connectivity index is 1.43. The Morgan fingerprint density at radius 3 is 1.69 bits per heavy atom. The lowest BCUT2D eigenvalue weighted by Gasteiger charge is -2.22. The molecule has 2 aliphatic carbocycles. The SMILES string of the molecule is COc1ccc(C(=C2[C@H]3C=C[C@H]2[C@H]2C(=O)N(c4cccc(OC(C)=O)c4)C(=O)[C@@H]23)c2ccc(OC)cc2)cc1. The van der Waals surface area contributed by atoms with Crippen LogP contribution in [0, 0.1) is 23.7 Å². The Morgan fingerprint density at radius 1 is 0.718 bits per heavy atom. The monoisotopic (exact) mass is 521 g/mol. The van der Waals surface area contributed by atoms with Crippen LogP contribution < -0.4 is 19.1 Å². The van der Waals surface area contributed by atoms with Crippen LogP contribution in [0.15, 0.2) is 90.5 Å². The van der Waals surface area contributed by atoms with Crippen molar-refractivity contribution in [1.82, 2.24) is 0 Å². The number of esters is 1. The number of ether oxygens (including phenoxy) is 3. The molecule has 7 heteroatoms. The molecule has 3 aromatic carbocycles. The third kappa shape index (κ3) is 4.02. The van der Waals surface area contributed by atoms with Crippen molar-refractivity contribution in [1.29, 1.82) is 0 Å². The molecular formula is C32H27NO6. The highest BCUT2D eigenvalue weighted by Crippen LogP contribution is 2.59. The summed E-state index contributed by atoms with van der Waals surface area (Å²) in [6.07, 6.45) is 4.14. The maximum atomic E-state index is 13.8. The number of amides is 2. The molecule has 39 heavy (non-hydrogen) atoms. The molecule has 3 aromatic rings. The number of methoxy groups -OCH3 is 2. The van der Waals surface area contributed by atoms with Gasteiger partial charge in [0.25, 0.3) is 0 Å². The molecule has 7 nitrogen and oxygen atoms in total. The maximum absolute atomic E-state index is 13.8. The molecule has 0 spiro atoms. The van der Waals surface area contributed by atoms with Gasteiger partial charge < -0.3 is 14.2 Å². The first-order valence-electron chi connectivity index (χ1n) is 12.8. The lowest BCUT2D eigenvalue weighted by Crippen LogP contribution is -2.33. The molecule has 6 rings (SSSR count). The van der Waals surface area contributed by atoms with E-state index in [1.165, 1.54) is 11.8 Å². The second-order valence-electron chi connectivity index (χ2n) is 9.88. The van der Waals surface area contributed by atoms with Gasteiger partial charge in [0.15, 0.2) is 0 Å². The molecule has 4 atom stereocenters. The number of benzene rings is 3. The average molecular weight is 522 g/mol. The largest absolute Gasteiger partial charge is 0.497 e. The van der Waals surface area contributed by atoms with Crippen LogP contribution >= 0.6 is 0 Å². The van der Waals surface area contributed by atoms with Crippen LogP contribution in [0.1, 0.15) is 18.1 Å². The second kappa shape index (κ2) is 9.58. The fraction of sp³-hybridized carbons (Fsp3) is 0.219. The van der Waals surface area contributed by atoms with Crippen LogP contribution in [0.2, 0.25) is 0 Å². The van der Waals surface area contributed by atoms with E-state index in [0.29, 0.717) is 11.4 Å². The van der Waals surface area contributed by atoms with E-state index in [-0.39, 0.29) is 23.7 Å². The Morgan fingerprint density at radius 2 is 1.23 bits per heavy atom. The highest BCUT2D eigenvalue weighted by molar-refractivity contribution is 6.23. The molecule has 2 amide bonds. The Labute approximate surface area is 226 Å². The van der Waals surface area contributed by atoms with Crippen LogP contribution in [0.25, 0.3) is 5.57 Å². The van der Waals surface area contributed by atoms with Gasteiger partial charge in [0.05, 0.1) is 31.7 Å². The summed E-state index contributed by atoms with van der Waals surface area (Å²) in [5.41, 5.74) is 4.48. The highest BCUT2D eigenvalue weighted by Gasteiger charge is 2.62. The topological polar surface area (TPSA) is 82.1 Å². The molecule has 2 bridgehead atoms. The van der Waals surface area contributed by atoms with Crippen molar-refractivity contribution in [2.24, 2.45) is 23.7 Å². The van der Waals surface area contributed by atoms with E-state index in [1.54, 1.807) is 38.5 Å². The predicted octanol–water partition coefficient (Wildman–Crippen LogP) is 5.05. The summed E-state index contributed by atoms with van der Waals surface area (Å²) in [6.45, 7) is 1.31. The van der Waals surface area contributed by atoms with Crippen molar-refractivity contribution >= 4 is 29.0 Å². The minimum Gasteiger partial charge on any atom is -0.497 e. The number of carbonyl (C=O) groups excluding carboxylic acids is 3. The number of allylic oxidation sites excluding steroid dienone is 3. The predicted molar refractivity (Wildman–Crippen MR) is 145 cm³/mol. The van der Waals surface area contributed by atoms with Crippen LogP contribution in [-0.2, 0) is 14.4 Å². The highest BCUT2D eigenvalue weighted by atomic mass is 16.5. The molecular weight excluding hydrogens is 494 g/mol. The number of anilines is 1. The van der Waals surface area contributed by atoms with Gasteiger partial charge in [-0.2, -0.15) is 0 Å². The molecule has 1 aliphatic heterocycles. The van der Waals surface area contributed by atoms with Gasteiger partial charge in [0.1, 0.15) is 17.2 Å². The Bertz CT molecular complexity index is 1450. The number of hydrogen-bond acceptors (Lipinski definition) is 6. The van der Waals surface area contributed by atoms with Crippen molar-refractivity contribution in [2.45, 2.75) is 6.92 Å². The van der Waals surface area contributed by atoms with Crippen LogP contribution in [-0.4, -0.2) is 32.0 Å². The van der Waals surface area contributed by atoms with Gasteiger partial charge in [-0.1, -0.05) is 42.5 Å². The van der Waals surface area contributed by atoms with Gasteiger partial charge in [-0.15, -0.1) is 0 Å². The van der Waals surface area contributed by atoms with E-state index in [0.717, 1.165) is 33.8 Å². The minimum absolute atomic E-state index is 0.211. The lowest BCUT2D eigenvalue weighted by atomic mass is 9.85. The summed E-state index contributed by atoms with van der Waals surface area (Å²) in [6, 6.07) is 22.2. The zero-order valence-corrected chi connectivity index (χ0v) is 21.8. The van der Waals surface area contributed by atoms with Gasteiger partial charge >= 0.3 is 5.97 Å². The van der Waals surface area contributed by atoms with Crippen molar-refractivity contribution in [3.8, 4) is 17.2 Å². The molecule has 0 N–H and O–H groups in total. The van der Waals surface area contributed by atoms with E-state index in [4.69, 9.17) is 14.2 Å². The lowest BCUT2D eigenvalue weighted by molar-refractivity contribution is -0.132. The molecule has 3 aliphatic rings. The summed E-state index contributed by atoms with van der Waals surface area (Å²) in [5, 5.41) is 0. The second-order valence-corrected chi connectivity index (χ2v) is 9.88. The van der Waals surface area contributed by atoms with E-state index >= 15 is 0 Å². The third-order valence-corrected chi connectivity index (χ3v) is 7.80. The number of nitrogens with zero attached hydrogens (tertiary/aromatic N) is 1. The van der Waals surface area contributed by atoms with Gasteiger partial charge in [0, 0.05) is 24.8 Å². The van der Waals surface area contributed by atoms with Crippen LogP contribution in [0.4, 0.5) is 5.69 Å². The number of carbonyl (C=O) groups is 3. The standard InChI is InChI=1S/C32H27NO6/c1-18(34)39-24-6-4-5-21(17-24)33-31(35)29-25-15-16-26(30(29)32(33)36)28(25)27(19-7-11-22(37-2)12-8-19)20-9-13-23(38-3)14-10-20/h4-17,25-26,29-30H,1-3H3/t25-,26-,29-,30-/m1/s1. The van der Waals surface area contributed by atoms with Crippen molar-refractivity contribution in [3.05, 3.63) is 102 Å². The van der Waals surface area contributed by atoms with Crippen molar-refractivity contribution in [2.75, 3.05) is 19.1 Å². The first kappa shape index (κ1) is 24.7. The Kier molecular flexibility index (Phi) is 6.06. The maximum Gasteiger partial charge on any atom is 0.308 e. The summed E-state index contributed by atoms with van der Waals surface area (Å²) in [5.74, 6) is -0.553. The van der Waals surface area contributed by atoms with Crippen molar-refractivity contribution < 1.29 is 28.6 Å². The molecule has 1 saturated carbocycles. The van der Waals surface area contributed by atoms with E-state index in [9.17, 15) is 14.4 Å². The molecule has 0 radical (unpaired) electrons. The zero-order valence-electron chi connectivity index (χ0n) is 21.8. The zero-order chi connectivity index (χ0) is 27.3. The van der Waals surface area contributed by atoms with E-state index < -0.39 is 17.8 Å². The summed E-state index contributed by atoms with van der Waals surface area (Å²) in [7, 11) is 3.26. The van der Waals surface area contributed by atoms with Crippen molar-refractivity contribution in [3.63, 3.8) is 0 Å². The number of rotatable bonds is 6. The number of fused-ring (bicyclic) bond motifs is 5. The van der Waals surface area contributed by atoms with E-state index in [1.807, 2.05) is 48.5 Å². The molecule has 0 aromatic heterocycles. The number of hydrogen-bond donors (Lipinski definition) is 0. The van der Waals surface area contributed by atoms with Gasteiger partial charge in [-0.25, -0.2) is 4.90 Å². The van der Waals surface area contributed by atoms with Crippen LogP contribution in [0.5, 0.6) is 17.2 Å². The average Bonchev–Trinajstić information content (AvgIpc) is 3.58. The molecule has 1 heterocycles. The van der Waals surface area contributed by atoms with Gasteiger partial charge in [0.2, 0.25) is 11.8 Å². The van der Waals surface area contributed by atoms with Gasteiger partial charge in [-0.3, -0.25) is 14.4 Å². The third-order valence-electron chi connectivity index (χ3n) is 7.80. The summed E-state index contributed by atoms with van der Waals surface area (Å²) in [4.78, 5) is 40.4. The Hall–Kier alpha value is -4.65. The van der Waals surface area contributed by atoms with E-state index in [2.05, 4.69) is 12.2 Å². The minimum atomic E-state index is -0.494. The number of imide groups is 1. The molecule has 0 unspecified atom stereocenters. The fourth-order valence-corrected chi connectivity index (χ4v) is 6.22.